The molecule has 1 aliphatic rings. The summed E-state index contributed by atoms with van der Waals surface area (Å²) < 4.78 is 25.3. The number of rotatable bonds is 5. The lowest BCUT2D eigenvalue weighted by atomic mass is 10.1. The largest absolute Gasteiger partial charge is 0.303 e. The fraction of sp³-hybridized carbons (Fsp3) is 0.412. The van der Waals surface area contributed by atoms with Crippen molar-refractivity contribution in [2.75, 3.05) is 19.6 Å². The van der Waals surface area contributed by atoms with E-state index in [9.17, 15) is 8.60 Å². The van der Waals surface area contributed by atoms with Crippen LogP contribution < -0.4 is 0 Å². The van der Waals surface area contributed by atoms with Crippen molar-refractivity contribution in [2.45, 2.75) is 29.7 Å². The quantitative estimate of drug-likeness (QED) is 0.789. The van der Waals surface area contributed by atoms with E-state index in [1.807, 2.05) is 12.1 Å². The first kappa shape index (κ1) is 16.2. The summed E-state index contributed by atoms with van der Waals surface area (Å²) in [6.45, 7) is 2.82. The molecule has 0 saturated carbocycles. The van der Waals surface area contributed by atoms with Crippen molar-refractivity contribution >= 4 is 10.8 Å². The second-order valence-electron chi connectivity index (χ2n) is 5.75. The molecule has 4 nitrogen and oxygen atoms in total. The maximum atomic E-state index is 12.9. The van der Waals surface area contributed by atoms with Gasteiger partial charge in [0.25, 0.3) is 0 Å². The molecule has 1 atom stereocenters. The molecule has 1 aromatic carbocycles. The number of piperidine rings is 1. The van der Waals surface area contributed by atoms with Crippen LogP contribution in [0.4, 0.5) is 4.39 Å². The van der Waals surface area contributed by atoms with Crippen LogP contribution in [0.15, 0.2) is 47.9 Å². The van der Waals surface area contributed by atoms with Gasteiger partial charge in [-0.3, -0.25) is 4.21 Å². The molecule has 0 spiro atoms. The Morgan fingerprint density at radius 1 is 1.13 bits per heavy atom. The van der Waals surface area contributed by atoms with Gasteiger partial charge in [0, 0.05) is 24.2 Å². The summed E-state index contributed by atoms with van der Waals surface area (Å²) >= 11 is 0. The minimum Gasteiger partial charge on any atom is -0.303 e. The molecule has 1 aromatic heterocycles. The first-order valence-electron chi connectivity index (χ1n) is 7.87. The van der Waals surface area contributed by atoms with Crippen LogP contribution in [0.3, 0.4) is 0 Å². The average molecular weight is 333 g/mol. The summed E-state index contributed by atoms with van der Waals surface area (Å²) in [5, 5.41) is 0.580. The molecule has 3 rings (SSSR count). The van der Waals surface area contributed by atoms with Gasteiger partial charge in [-0.2, -0.15) is 0 Å². The summed E-state index contributed by atoms with van der Waals surface area (Å²) in [4.78, 5) is 10.6. The van der Waals surface area contributed by atoms with Gasteiger partial charge in [-0.05, 0) is 56.1 Å². The number of aromatic nitrogens is 2. The SMILES string of the molecule is O=S(c1ncccn1)C1CCN(CCc2ccc(F)cc2)CC1. The minimum atomic E-state index is -1.12. The van der Waals surface area contributed by atoms with Gasteiger partial charge >= 0.3 is 0 Å². The Balaban J connectivity index is 1.47. The molecular weight excluding hydrogens is 313 g/mol. The minimum absolute atomic E-state index is 0.138. The fourth-order valence-corrected chi connectivity index (χ4v) is 4.09. The first-order chi connectivity index (χ1) is 11.2. The number of nitrogens with zero attached hydrogens (tertiary/aromatic N) is 3. The van der Waals surface area contributed by atoms with Crippen molar-refractivity contribution in [1.29, 1.82) is 0 Å². The maximum absolute atomic E-state index is 12.9. The molecule has 23 heavy (non-hydrogen) atoms. The molecule has 1 fully saturated rings. The third-order valence-corrected chi connectivity index (χ3v) is 5.84. The fourth-order valence-electron chi connectivity index (χ4n) is 2.82. The zero-order valence-electron chi connectivity index (χ0n) is 12.9. The predicted molar refractivity (Wildman–Crippen MR) is 88.0 cm³/mol. The topological polar surface area (TPSA) is 46.1 Å². The number of benzene rings is 1. The smallest absolute Gasteiger partial charge is 0.218 e. The molecule has 1 aliphatic heterocycles. The maximum Gasteiger partial charge on any atom is 0.218 e. The summed E-state index contributed by atoms with van der Waals surface area (Å²) in [6, 6.07) is 8.42. The van der Waals surface area contributed by atoms with Gasteiger partial charge in [-0.1, -0.05) is 12.1 Å². The number of likely N-dealkylation sites (tertiary alicyclic amines) is 1. The normalized spacial score (nSPS) is 18.0. The molecule has 6 heteroatoms. The van der Waals surface area contributed by atoms with Crippen molar-refractivity contribution < 1.29 is 8.60 Å². The molecule has 0 N–H and O–H groups in total. The van der Waals surface area contributed by atoms with Gasteiger partial charge in [0.15, 0.2) is 0 Å². The van der Waals surface area contributed by atoms with Gasteiger partial charge in [-0.15, -0.1) is 0 Å². The van der Waals surface area contributed by atoms with Gasteiger partial charge in [0.2, 0.25) is 5.16 Å². The second kappa shape index (κ2) is 7.75. The lowest BCUT2D eigenvalue weighted by Crippen LogP contribution is -2.38. The molecule has 122 valence electrons. The van der Waals surface area contributed by atoms with E-state index >= 15 is 0 Å². The first-order valence-corrected chi connectivity index (χ1v) is 9.08. The van der Waals surface area contributed by atoms with Crippen molar-refractivity contribution in [3.8, 4) is 0 Å². The van der Waals surface area contributed by atoms with E-state index in [1.54, 1.807) is 18.5 Å². The van der Waals surface area contributed by atoms with Gasteiger partial charge in [0.1, 0.15) is 5.82 Å². The summed E-state index contributed by atoms with van der Waals surface area (Å²) in [5.41, 5.74) is 1.15. The van der Waals surface area contributed by atoms with E-state index in [0.29, 0.717) is 5.16 Å². The Labute approximate surface area is 138 Å². The molecule has 0 aliphatic carbocycles. The van der Waals surface area contributed by atoms with Crippen LogP contribution in [-0.2, 0) is 17.2 Å². The Morgan fingerprint density at radius 3 is 2.43 bits per heavy atom. The lowest BCUT2D eigenvalue weighted by molar-refractivity contribution is 0.234. The Hall–Kier alpha value is -1.66. The van der Waals surface area contributed by atoms with Crippen molar-refractivity contribution in [3.63, 3.8) is 0 Å². The number of hydrogen-bond acceptors (Lipinski definition) is 4. The standard InChI is InChI=1S/C17H20FN3OS/c18-15-4-2-14(3-5-15)6-11-21-12-7-16(8-13-21)23(22)17-19-9-1-10-20-17/h1-5,9-10,16H,6-8,11-13H2. The van der Waals surface area contributed by atoms with Crippen LogP contribution in [0.1, 0.15) is 18.4 Å². The molecule has 2 aromatic rings. The third kappa shape index (κ3) is 4.42. The van der Waals surface area contributed by atoms with E-state index in [4.69, 9.17) is 0 Å². The Kier molecular flexibility index (Phi) is 5.46. The van der Waals surface area contributed by atoms with Crippen LogP contribution in [0.5, 0.6) is 0 Å². The van der Waals surface area contributed by atoms with E-state index < -0.39 is 10.8 Å². The molecular formula is C17H20FN3OS. The molecule has 1 unspecified atom stereocenters. The lowest BCUT2D eigenvalue weighted by Gasteiger charge is -2.31. The van der Waals surface area contributed by atoms with E-state index in [1.165, 1.54) is 12.1 Å². The molecule has 2 heterocycles. The molecule has 0 radical (unpaired) electrons. The second-order valence-corrected chi connectivity index (χ2v) is 7.37. The van der Waals surface area contributed by atoms with Gasteiger partial charge in [0.05, 0.1) is 10.8 Å². The number of hydrogen-bond donors (Lipinski definition) is 0. The Bertz CT molecular complexity index is 643. The van der Waals surface area contributed by atoms with E-state index in [0.717, 1.165) is 44.5 Å². The monoisotopic (exact) mass is 333 g/mol. The van der Waals surface area contributed by atoms with Crippen molar-refractivity contribution in [1.82, 2.24) is 14.9 Å². The Morgan fingerprint density at radius 2 is 1.78 bits per heavy atom. The predicted octanol–water partition coefficient (Wildman–Crippen LogP) is 2.43. The van der Waals surface area contributed by atoms with Crippen LogP contribution in [0, 0.1) is 5.82 Å². The highest BCUT2D eigenvalue weighted by molar-refractivity contribution is 7.85. The highest BCUT2D eigenvalue weighted by Crippen LogP contribution is 2.19. The van der Waals surface area contributed by atoms with Crippen molar-refractivity contribution in [3.05, 3.63) is 54.1 Å². The summed E-state index contributed by atoms with van der Waals surface area (Å²) in [6.07, 6.45) is 5.98. The zero-order valence-corrected chi connectivity index (χ0v) is 13.7. The van der Waals surface area contributed by atoms with Crippen LogP contribution >= 0.6 is 0 Å². The van der Waals surface area contributed by atoms with Gasteiger partial charge in [-0.25, -0.2) is 14.4 Å². The molecule has 0 amide bonds. The molecule has 1 saturated heterocycles. The average Bonchev–Trinajstić information content (AvgIpc) is 2.62. The van der Waals surface area contributed by atoms with Crippen LogP contribution in [0.2, 0.25) is 0 Å². The summed E-state index contributed by atoms with van der Waals surface area (Å²) in [7, 11) is -1.12. The summed E-state index contributed by atoms with van der Waals surface area (Å²) in [5.74, 6) is -0.194. The highest BCUT2D eigenvalue weighted by Gasteiger charge is 2.25. The van der Waals surface area contributed by atoms with E-state index in [2.05, 4.69) is 14.9 Å². The van der Waals surface area contributed by atoms with Crippen LogP contribution in [-0.4, -0.2) is 44.0 Å². The van der Waals surface area contributed by atoms with Gasteiger partial charge < -0.3 is 4.90 Å². The highest BCUT2D eigenvalue weighted by atomic mass is 32.2. The zero-order chi connectivity index (χ0) is 16.1. The number of halogens is 1. The third-order valence-electron chi connectivity index (χ3n) is 4.19. The van der Waals surface area contributed by atoms with Crippen molar-refractivity contribution in [2.24, 2.45) is 0 Å². The van der Waals surface area contributed by atoms with E-state index in [-0.39, 0.29) is 11.1 Å². The van der Waals surface area contributed by atoms with Crippen LogP contribution in [0.25, 0.3) is 0 Å². The molecule has 0 bridgehead atoms.